The number of carbonyl (C=O) groups excluding carboxylic acids is 1. The maximum Gasteiger partial charge on any atom is 0.276 e. The van der Waals surface area contributed by atoms with E-state index >= 15 is 8.78 Å². The summed E-state index contributed by atoms with van der Waals surface area (Å²) in [4.78, 5) is 25.6. The monoisotopic (exact) mass is 602 g/mol. The smallest absolute Gasteiger partial charge is 0.276 e. The van der Waals surface area contributed by atoms with Crippen molar-refractivity contribution in [2.45, 2.75) is 52.1 Å². The van der Waals surface area contributed by atoms with E-state index in [1.54, 1.807) is 36.2 Å². The molecule has 12 heteroatoms. The molecule has 1 atom stereocenters. The van der Waals surface area contributed by atoms with E-state index < -0.39 is 18.4 Å². The minimum absolute atomic E-state index is 0.109. The number of fused-ring (bicyclic) bond motifs is 3. The normalized spacial score (nSPS) is 17.0. The molecule has 1 N–H and O–H groups in total. The molecule has 0 saturated heterocycles. The van der Waals surface area contributed by atoms with Crippen LogP contribution in [-0.4, -0.2) is 50.5 Å². The number of aromatic nitrogens is 4. The number of hydrogen-bond donors (Lipinski definition) is 1. The van der Waals surface area contributed by atoms with Crippen LogP contribution >= 0.6 is 11.3 Å². The van der Waals surface area contributed by atoms with Crippen molar-refractivity contribution in [1.82, 2.24) is 25.1 Å². The minimum atomic E-state index is -3.05. The van der Waals surface area contributed by atoms with Crippen molar-refractivity contribution in [2.24, 2.45) is 0 Å². The molecule has 1 aliphatic heterocycles. The number of nitrogens with zero attached hydrogens (tertiary/aromatic N) is 5. The Kier molecular flexibility index (Phi) is 6.42. The predicted molar refractivity (Wildman–Crippen MR) is 159 cm³/mol. The van der Waals surface area contributed by atoms with Crippen LogP contribution in [0, 0.1) is 13.8 Å². The van der Waals surface area contributed by atoms with Crippen molar-refractivity contribution in [3.8, 4) is 27.6 Å². The first-order valence-electron chi connectivity index (χ1n) is 14.0. The van der Waals surface area contributed by atoms with Crippen molar-refractivity contribution in [3.05, 3.63) is 70.5 Å². The van der Waals surface area contributed by atoms with Crippen LogP contribution < -0.4 is 10.1 Å². The van der Waals surface area contributed by atoms with E-state index in [0.29, 0.717) is 74.5 Å². The van der Waals surface area contributed by atoms with E-state index in [0.717, 1.165) is 16.7 Å². The van der Waals surface area contributed by atoms with E-state index in [4.69, 9.17) is 14.1 Å². The van der Waals surface area contributed by atoms with Gasteiger partial charge in [-0.1, -0.05) is 19.1 Å². The number of rotatable bonds is 7. The zero-order chi connectivity index (χ0) is 30.0. The average molecular weight is 603 g/mol. The number of ether oxygens (including phenoxy) is 1. The molecule has 0 saturated carbocycles. The lowest BCUT2D eigenvalue weighted by Gasteiger charge is -2.22. The zero-order valence-electron chi connectivity index (χ0n) is 24.0. The highest BCUT2D eigenvalue weighted by Crippen LogP contribution is 2.50. The van der Waals surface area contributed by atoms with Gasteiger partial charge in [-0.3, -0.25) is 9.78 Å². The Morgan fingerprint density at radius 2 is 2.02 bits per heavy atom. The summed E-state index contributed by atoms with van der Waals surface area (Å²) < 4.78 is 42.8. The Balaban J connectivity index is 1.39. The minimum Gasteiger partial charge on any atom is -0.496 e. The van der Waals surface area contributed by atoms with Crippen LogP contribution in [0.1, 0.15) is 58.1 Å². The average Bonchev–Trinajstić information content (AvgIpc) is 3.73. The van der Waals surface area contributed by atoms with Gasteiger partial charge in [-0.2, -0.15) is 0 Å². The summed E-state index contributed by atoms with van der Waals surface area (Å²) in [6.07, 6.45) is 1.98. The maximum absolute atomic E-state index is 15.4. The third-order valence-electron chi connectivity index (χ3n) is 8.02. The number of pyridine rings is 2. The summed E-state index contributed by atoms with van der Waals surface area (Å²) in [5, 5.41) is 12.1. The molecule has 7 rings (SSSR count). The van der Waals surface area contributed by atoms with Crippen molar-refractivity contribution in [1.29, 1.82) is 0 Å². The first kappa shape index (κ1) is 27.4. The first-order valence-corrected chi connectivity index (χ1v) is 14.8. The lowest BCUT2D eigenvalue weighted by molar-refractivity contribution is -0.00734. The first-order chi connectivity index (χ1) is 20.7. The molecular formula is C31H28F2N6O3S. The number of alkyl halides is 2. The van der Waals surface area contributed by atoms with Gasteiger partial charge in [-0.25, -0.2) is 13.8 Å². The van der Waals surface area contributed by atoms with E-state index in [1.807, 2.05) is 26.0 Å². The van der Waals surface area contributed by atoms with Crippen molar-refractivity contribution in [3.63, 3.8) is 0 Å². The molecule has 1 unspecified atom stereocenters. The van der Waals surface area contributed by atoms with Crippen molar-refractivity contribution >= 4 is 33.1 Å². The quantitative estimate of drug-likeness (QED) is 0.218. The third kappa shape index (κ3) is 4.34. The molecule has 1 aromatic carbocycles. The van der Waals surface area contributed by atoms with Gasteiger partial charge in [0.15, 0.2) is 0 Å². The SMILES string of the molecule is CCCN1Cc2nc(C)c(-c3nnc(C)o3)c(-c3cc4ccnc(NC5c6cccc(OC)c6CC5(F)F)c4s3)c2C1=O. The number of methoxy groups -OCH3 is 1. The number of aryl methyl sites for hydroxylation is 2. The van der Waals surface area contributed by atoms with Crippen LogP contribution in [0.4, 0.5) is 14.6 Å². The highest BCUT2D eigenvalue weighted by molar-refractivity contribution is 7.23. The summed E-state index contributed by atoms with van der Waals surface area (Å²) in [5.74, 6) is -1.72. The van der Waals surface area contributed by atoms with Crippen LogP contribution in [0.3, 0.4) is 0 Å². The summed E-state index contributed by atoms with van der Waals surface area (Å²) in [7, 11) is 1.48. The Bertz CT molecular complexity index is 1920. The van der Waals surface area contributed by atoms with Crippen LogP contribution in [0.5, 0.6) is 5.75 Å². The number of thiophene rings is 1. The van der Waals surface area contributed by atoms with Crippen LogP contribution in [0.2, 0.25) is 0 Å². The van der Waals surface area contributed by atoms with E-state index in [-0.39, 0.29) is 11.8 Å². The van der Waals surface area contributed by atoms with Crippen molar-refractivity contribution in [2.75, 3.05) is 19.0 Å². The second-order valence-corrected chi connectivity index (χ2v) is 11.9. The van der Waals surface area contributed by atoms with Gasteiger partial charge in [0.25, 0.3) is 11.8 Å². The molecule has 1 aliphatic carbocycles. The fourth-order valence-electron chi connectivity index (χ4n) is 6.19. The molecule has 0 fully saturated rings. The molecule has 0 radical (unpaired) electrons. The lowest BCUT2D eigenvalue weighted by atomic mass is 9.97. The molecule has 5 heterocycles. The highest BCUT2D eigenvalue weighted by atomic mass is 32.1. The number of nitrogens with one attached hydrogen (secondary N) is 1. The molecule has 43 heavy (non-hydrogen) atoms. The predicted octanol–water partition coefficient (Wildman–Crippen LogP) is 6.74. The second kappa shape index (κ2) is 10.1. The molecule has 4 aromatic heterocycles. The molecule has 0 spiro atoms. The Morgan fingerprint density at radius 3 is 2.77 bits per heavy atom. The number of benzene rings is 1. The number of anilines is 1. The van der Waals surface area contributed by atoms with Gasteiger partial charge >= 0.3 is 0 Å². The van der Waals surface area contributed by atoms with Gasteiger partial charge in [-0.15, -0.1) is 21.5 Å². The van der Waals surface area contributed by atoms with E-state index in [1.165, 1.54) is 18.4 Å². The van der Waals surface area contributed by atoms with Gasteiger partial charge in [0.2, 0.25) is 11.8 Å². The van der Waals surface area contributed by atoms with Gasteiger partial charge in [0.1, 0.15) is 17.6 Å². The third-order valence-corrected chi connectivity index (χ3v) is 9.20. The van der Waals surface area contributed by atoms with Crippen LogP contribution in [-0.2, 0) is 13.0 Å². The maximum atomic E-state index is 15.4. The van der Waals surface area contributed by atoms with E-state index in [9.17, 15) is 4.79 Å². The van der Waals surface area contributed by atoms with Gasteiger partial charge in [0.05, 0.1) is 40.9 Å². The fraction of sp³-hybridized carbons (Fsp3) is 0.323. The summed E-state index contributed by atoms with van der Waals surface area (Å²) in [6, 6.07) is 7.62. The summed E-state index contributed by atoms with van der Waals surface area (Å²) >= 11 is 1.37. The van der Waals surface area contributed by atoms with Gasteiger partial charge in [0, 0.05) is 42.1 Å². The fourth-order valence-corrected chi connectivity index (χ4v) is 7.35. The van der Waals surface area contributed by atoms with Crippen LogP contribution in [0.25, 0.3) is 32.0 Å². The largest absolute Gasteiger partial charge is 0.496 e. The Labute approximate surface area is 249 Å². The lowest BCUT2D eigenvalue weighted by Crippen LogP contribution is -2.28. The molecule has 220 valence electrons. The number of halogens is 2. The summed E-state index contributed by atoms with van der Waals surface area (Å²) in [5.41, 5.74) is 4.07. The van der Waals surface area contributed by atoms with Crippen molar-refractivity contribution < 1.29 is 22.7 Å². The Hall–Kier alpha value is -4.45. The van der Waals surface area contributed by atoms with E-state index in [2.05, 4.69) is 20.5 Å². The van der Waals surface area contributed by atoms with Gasteiger partial charge < -0.3 is 19.4 Å². The number of carbonyl (C=O) groups is 1. The molecule has 1 amide bonds. The topological polar surface area (TPSA) is 106 Å². The zero-order valence-corrected chi connectivity index (χ0v) is 24.8. The molecule has 0 bridgehead atoms. The second-order valence-electron chi connectivity index (χ2n) is 10.9. The summed E-state index contributed by atoms with van der Waals surface area (Å²) in [6.45, 7) is 6.61. The van der Waals surface area contributed by atoms with Crippen LogP contribution in [0.15, 0.2) is 40.9 Å². The molecule has 9 nitrogen and oxygen atoms in total. The highest BCUT2D eigenvalue weighted by Gasteiger charge is 2.49. The molecular weight excluding hydrogens is 574 g/mol. The molecule has 5 aromatic rings. The number of amides is 1. The molecule has 2 aliphatic rings. The Morgan fingerprint density at radius 1 is 1.19 bits per heavy atom. The standard InChI is InChI=1S/C31H28F2N6O3S/c1-5-11-39-14-20-24(30(39)40)25(23(15(2)35-20)29-38-37-16(3)42-29)22-12-17-9-10-34-28(26(17)43-22)36-27-18-7-6-8-21(41-4)19(18)13-31(27,32)33/h6-10,12,27H,5,11,13-14H2,1-4H3,(H,34,36). The van der Waals surface area contributed by atoms with Gasteiger partial charge in [-0.05, 0) is 42.5 Å². The number of hydrogen-bond acceptors (Lipinski definition) is 9.